The molecular formula is C22H24N4O2. The van der Waals surface area contributed by atoms with E-state index in [9.17, 15) is 9.59 Å². The van der Waals surface area contributed by atoms with Crippen LogP contribution >= 0.6 is 0 Å². The summed E-state index contributed by atoms with van der Waals surface area (Å²) in [4.78, 5) is 34.3. The molecule has 0 unspecified atom stereocenters. The first-order valence-electron chi connectivity index (χ1n) is 9.76. The first-order valence-corrected chi connectivity index (χ1v) is 9.76. The van der Waals surface area contributed by atoms with Crippen LogP contribution in [0.25, 0.3) is 5.52 Å². The van der Waals surface area contributed by atoms with Crippen LogP contribution in [0, 0.1) is 0 Å². The Labute approximate surface area is 164 Å². The van der Waals surface area contributed by atoms with E-state index in [1.54, 1.807) is 22.5 Å². The van der Waals surface area contributed by atoms with Gasteiger partial charge in [-0.2, -0.15) is 0 Å². The number of para-hydroxylation sites is 1. The first kappa shape index (κ1) is 18.2. The number of carbonyl (C=O) groups excluding carboxylic acids is 2. The topological polar surface area (TPSA) is 57.9 Å². The van der Waals surface area contributed by atoms with Crippen molar-refractivity contribution in [1.82, 2.24) is 14.3 Å². The normalized spacial score (nSPS) is 14.7. The van der Waals surface area contributed by atoms with E-state index < -0.39 is 0 Å². The number of aromatic nitrogens is 2. The Kier molecular flexibility index (Phi) is 5.10. The Hall–Kier alpha value is -3.15. The SMILES string of the molecule is CN(C(=O)c1nc(C(=O)N2CCCCCC2)c2ccccn12)c1ccccc1. The zero-order valence-corrected chi connectivity index (χ0v) is 16.0. The van der Waals surface area contributed by atoms with Gasteiger partial charge >= 0.3 is 0 Å². The van der Waals surface area contributed by atoms with Crippen LogP contribution in [0.4, 0.5) is 5.69 Å². The number of nitrogens with zero attached hydrogens (tertiary/aromatic N) is 4. The molecule has 144 valence electrons. The summed E-state index contributed by atoms with van der Waals surface area (Å²) in [7, 11) is 1.72. The lowest BCUT2D eigenvalue weighted by Gasteiger charge is -2.19. The van der Waals surface area contributed by atoms with Gasteiger partial charge < -0.3 is 9.80 Å². The molecule has 0 N–H and O–H groups in total. The number of pyridine rings is 1. The molecule has 0 bridgehead atoms. The van der Waals surface area contributed by atoms with Crippen molar-refractivity contribution >= 4 is 23.0 Å². The van der Waals surface area contributed by atoms with E-state index in [1.165, 1.54) is 0 Å². The third-order valence-electron chi connectivity index (χ3n) is 5.28. The molecule has 2 amide bonds. The molecule has 3 aromatic rings. The smallest absolute Gasteiger partial charge is 0.294 e. The van der Waals surface area contributed by atoms with Crippen LogP contribution in [-0.2, 0) is 0 Å². The van der Waals surface area contributed by atoms with Crippen LogP contribution in [0.3, 0.4) is 0 Å². The minimum atomic E-state index is -0.248. The Morgan fingerprint density at radius 3 is 2.32 bits per heavy atom. The van der Waals surface area contributed by atoms with Crippen molar-refractivity contribution in [3.8, 4) is 0 Å². The molecule has 28 heavy (non-hydrogen) atoms. The average molecular weight is 376 g/mol. The highest BCUT2D eigenvalue weighted by Gasteiger charge is 2.27. The van der Waals surface area contributed by atoms with Crippen LogP contribution in [0.1, 0.15) is 46.8 Å². The van der Waals surface area contributed by atoms with Gasteiger partial charge in [-0.15, -0.1) is 0 Å². The second kappa shape index (κ2) is 7.84. The molecule has 2 aromatic heterocycles. The van der Waals surface area contributed by atoms with Crippen molar-refractivity contribution in [2.24, 2.45) is 0 Å². The molecule has 1 aromatic carbocycles. The van der Waals surface area contributed by atoms with Crippen LogP contribution in [0.5, 0.6) is 0 Å². The maximum absolute atomic E-state index is 13.2. The van der Waals surface area contributed by atoms with E-state index in [0.717, 1.165) is 44.5 Å². The molecule has 0 spiro atoms. The van der Waals surface area contributed by atoms with Crippen molar-refractivity contribution in [3.63, 3.8) is 0 Å². The lowest BCUT2D eigenvalue weighted by molar-refractivity contribution is 0.0758. The number of carbonyl (C=O) groups is 2. The van der Waals surface area contributed by atoms with Gasteiger partial charge in [0.05, 0.1) is 5.52 Å². The molecular weight excluding hydrogens is 352 g/mol. The Morgan fingerprint density at radius 2 is 1.61 bits per heavy atom. The average Bonchev–Trinajstić information content (AvgIpc) is 2.92. The third-order valence-corrected chi connectivity index (χ3v) is 5.28. The largest absolute Gasteiger partial charge is 0.337 e. The molecule has 6 heteroatoms. The quantitative estimate of drug-likeness (QED) is 0.701. The molecule has 6 nitrogen and oxygen atoms in total. The number of hydrogen-bond donors (Lipinski definition) is 0. The molecule has 1 fully saturated rings. The van der Waals surface area contributed by atoms with Gasteiger partial charge in [-0.3, -0.25) is 14.0 Å². The summed E-state index contributed by atoms with van der Waals surface area (Å²) in [5.41, 5.74) is 1.80. The standard InChI is InChI=1S/C22H24N4O2/c1-24(17-11-5-4-6-12-17)22(28)20-23-19(18-13-7-10-16-26(18)20)21(27)25-14-8-2-3-9-15-25/h4-7,10-13,16H,2-3,8-9,14-15H2,1H3. The van der Waals surface area contributed by atoms with Crippen molar-refractivity contribution < 1.29 is 9.59 Å². The summed E-state index contributed by atoms with van der Waals surface area (Å²) < 4.78 is 1.72. The lowest BCUT2D eigenvalue weighted by Crippen LogP contribution is -2.32. The van der Waals surface area contributed by atoms with Crippen LogP contribution in [0.15, 0.2) is 54.7 Å². The number of imidazole rings is 1. The predicted molar refractivity (Wildman–Crippen MR) is 109 cm³/mol. The van der Waals surface area contributed by atoms with E-state index in [4.69, 9.17) is 0 Å². The summed E-state index contributed by atoms with van der Waals surface area (Å²) in [6.07, 6.45) is 6.12. The van der Waals surface area contributed by atoms with E-state index >= 15 is 0 Å². The third kappa shape index (κ3) is 3.38. The van der Waals surface area contributed by atoms with Gasteiger partial charge in [0.2, 0.25) is 5.82 Å². The minimum Gasteiger partial charge on any atom is -0.337 e. The first-order chi connectivity index (χ1) is 13.7. The number of amides is 2. The summed E-state index contributed by atoms with van der Waals surface area (Å²) in [5, 5.41) is 0. The maximum atomic E-state index is 13.2. The minimum absolute atomic E-state index is 0.0907. The number of fused-ring (bicyclic) bond motifs is 1. The van der Waals surface area contributed by atoms with Gasteiger partial charge in [0.15, 0.2) is 5.69 Å². The second-order valence-electron chi connectivity index (χ2n) is 7.15. The Balaban J connectivity index is 1.72. The summed E-state index contributed by atoms with van der Waals surface area (Å²) in [6.45, 7) is 1.50. The number of likely N-dealkylation sites (tertiary alicyclic amines) is 1. The van der Waals surface area contributed by atoms with Crippen molar-refractivity contribution in [1.29, 1.82) is 0 Å². The van der Waals surface area contributed by atoms with Crippen molar-refractivity contribution in [3.05, 3.63) is 66.2 Å². The zero-order valence-electron chi connectivity index (χ0n) is 16.0. The van der Waals surface area contributed by atoms with Gasteiger partial charge in [0.25, 0.3) is 11.8 Å². The fourth-order valence-corrected chi connectivity index (χ4v) is 3.69. The van der Waals surface area contributed by atoms with E-state index in [-0.39, 0.29) is 17.6 Å². The van der Waals surface area contributed by atoms with E-state index in [0.29, 0.717) is 11.2 Å². The maximum Gasteiger partial charge on any atom is 0.294 e. The van der Waals surface area contributed by atoms with Gasteiger partial charge in [0, 0.05) is 32.0 Å². The Morgan fingerprint density at radius 1 is 0.929 bits per heavy atom. The highest BCUT2D eigenvalue weighted by Crippen LogP contribution is 2.20. The second-order valence-corrected chi connectivity index (χ2v) is 7.15. The Bertz CT molecular complexity index is 988. The zero-order chi connectivity index (χ0) is 19.5. The molecule has 3 heterocycles. The van der Waals surface area contributed by atoms with Crippen molar-refractivity contribution in [2.45, 2.75) is 25.7 Å². The molecule has 0 aliphatic carbocycles. The summed E-state index contributed by atoms with van der Waals surface area (Å²) >= 11 is 0. The van der Waals surface area contributed by atoms with Gasteiger partial charge in [-0.1, -0.05) is 37.1 Å². The fourth-order valence-electron chi connectivity index (χ4n) is 3.69. The lowest BCUT2D eigenvalue weighted by atomic mass is 10.2. The van der Waals surface area contributed by atoms with Crippen LogP contribution < -0.4 is 4.90 Å². The van der Waals surface area contributed by atoms with Gasteiger partial charge in [-0.25, -0.2) is 4.98 Å². The van der Waals surface area contributed by atoms with Crippen molar-refractivity contribution in [2.75, 3.05) is 25.0 Å². The van der Waals surface area contributed by atoms with E-state index in [1.807, 2.05) is 53.4 Å². The number of benzene rings is 1. The highest BCUT2D eigenvalue weighted by molar-refractivity contribution is 6.07. The number of anilines is 1. The van der Waals surface area contributed by atoms with Crippen LogP contribution in [-0.4, -0.2) is 46.2 Å². The summed E-state index contributed by atoms with van der Waals surface area (Å²) in [6, 6.07) is 15.0. The molecule has 1 saturated heterocycles. The summed E-state index contributed by atoms with van der Waals surface area (Å²) in [5.74, 6) is -0.0885. The number of hydrogen-bond acceptors (Lipinski definition) is 3. The predicted octanol–water partition coefficient (Wildman–Crippen LogP) is 3.63. The molecule has 0 atom stereocenters. The van der Waals surface area contributed by atoms with Gasteiger partial charge in [0.1, 0.15) is 0 Å². The highest BCUT2D eigenvalue weighted by atomic mass is 16.2. The van der Waals surface area contributed by atoms with Crippen LogP contribution in [0.2, 0.25) is 0 Å². The van der Waals surface area contributed by atoms with E-state index in [2.05, 4.69) is 4.98 Å². The molecule has 0 radical (unpaired) electrons. The number of rotatable bonds is 3. The molecule has 4 rings (SSSR count). The fraction of sp³-hybridized carbons (Fsp3) is 0.318. The monoisotopic (exact) mass is 376 g/mol. The molecule has 0 saturated carbocycles. The molecule has 1 aliphatic heterocycles. The van der Waals surface area contributed by atoms with Gasteiger partial charge in [-0.05, 0) is 37.1 Å². The molecule has 1 aliphatic rings.